The van der Waals surface area contributed by atoms with Gasteiger partial charge in [-0.2, -0.15) is 0 Å². The minimum Gasteiger partial charge on any atom is -0.495 e. The van der Waals surface area contributed by atoms with Crippen molar-refractivity contribution in [3.8, 4) is 5.75 Å². The molecule has 12 heavy (non-hydrogen) atoms. The van der Waals surface area contributed by atoms with Crippen molar-refractivity contribution in [2.24, 2.45) is 5.73 Å². The Bertz CT molecular complexity index is 261. The van der Waals surface area contributed by atoms with Crippen LogP contribution in [0.3, 0.4) is 0 Å². The Kier molecular flexibility index (Phi) is 3.05. The molecular formula is C9H14N2O. The lowest BCUT2D eigenvalue weighted by Crippen LogP contribution is -2.02. The molecule has 0 fully saturated rings. The molecule has 3 heteroatoms. The van der Waals surface area contributed by atoms with Crippen LogP contribution in [-0.2, 0) is 13.0 Å². The molecule has 66 valence electrons. The molecule has 0 saturated carbocycles. The maximum absolute atomic E-state index is 5.54. The number of aromatic nitrogens is 1. The summed E-state index contributed by atoms with van der Waals surface area (Å²) >= 11 is 0. The maximum atomic E-state index is 5.54. The normalized spacial score (nSPS) is 9.92. The Labute approximate surface area is 72.6 Å². The molecule has 2 N–H and O–H groups in total. The Balaban J connectivity index is 3.02. The van der Waals surface area contributed by atoms with Gasteiger partial charge in [0.1, 0.15) is 5.75 Å². The molecule has 1 heterocycles. The maximum Gasteiger partial charge on any atom is 0.141 e. The fourth-order valence-corrected chi connectivity index (χ4v) is 1.07. The Morgan fingerprint density at radius 1 is 1.58 bits per heavy atom. The first kappa shape index (κ1) is 9.00. The first-order valence-electron chi connectivity index (χ1n) is 4.03. The van der Waals surface area contributed by atoms with Crippen LogP contribution in [0.4, 0.5) is 0 Å². The van der Waals surface area contributed by atoms with Crippen molar-refractivity contribution in [2.45, 2.75) is 19.9 Å². The van der Waals surface area contributed by atoms with Gasteiger partial charge in [0.25, 0.3) is 0 Å². The first-order valence-corrected chi connectivity index (χ1v) is 4.03. The van der Waals surface area contributed by atoms with E-state index in [-0.39, 0.29) is 0 Å². The van der Waals surface area contributed by atoms with Gasteiger partial charge in [-0.3, -0.25) is 4.98 Å². The molecular weight excluding hydrogens is 152 g/mol. The van der Waals surface area contributed by atoms with Crippen molar-refractivity contribution in [3.05, 3.63) is 23.5 Å². The summed E-state index contributed by atoms with van der Waals surface area (Å²) < 4.78 is 5.09. The molecule has 0 bridgehead atoms. The molecule has 0 spiro atoms. The standard InChI is InChI=1S/C9H14N2O/c1-3-8-4-7(5-10)9(12-2)6-11-8/h4,6H,3,5,10H2,1-2H3. The van der Waals surface area contributed by atoms with E-state index in [1.807, 2.05) is 6.07 Å². The lowest BCUT2D eigenvalue weighted by atomic mass is 10.2. The van der Waals surface area contributed by atoms with Gasteiger partial charge in [-0.05, 0) is 12.5 Å². The van der Waals surface area contributed by atoms with E-state index in [2.05, 4.69) is 11.9 Å². The molecule has 1 aromatic rings. The monoisotopic (exact) mass is 166 g/mol. The summed E-state index contributed by atoms with van der Waals surface area (Å²) in [5.41, 5.74) is 7.61. The van der Waals surface area contributed by atoms with E-state index in [1.54, 1.807) is 13.3 Å². The van der Waals surface area contributed by atoms with E-state index in [0.717, 1.165) is 23.4 Å². The van der Waals surface area contributed by atoms with E-state index in [9.17, 15) is 0 Å². The van der Waals surface area contributed by atoms with Gasteiger partial charge in [-0.1, -0.05) is 6.92 Å². The number of rotatable bonds is 3. The van der Waals surface area contributed by atoms with Crippen LogP contribution in [0.1, 0.15) is 18.2 Å². The summed E-state index contributed by atoms with van der Waals surface area (Å²) in [7, 11) is 1.63. The zero-order valence-corrected chi connectivity index (χ0v) is 7.50. The van der Waals surface area contributed by atoms with E-state index >= 15 is 0 Å². The molecule has 0 aliphatic heterocycles. The average molecular weight is 166 g/mol. The van der Waals surface area contributed by atoms with E-state index in [4.69, 9.17) is 10.5 Å². The number of nitrogens with two attached hydrogens (primary N) is 1. The van der Waals surface area contributed by atoms with E-state index in [0.29, 0.717) is 6.54 Å². The average Bonchev–Trinajstić information content (AvgIpc) is 2.16. The Hall–Kier alpha value is -1.09. The molecule has 0 amide bonds. The lowest BCUT2D eigenvalue weighted by Gasteiger charge is -2.06. The van der Waals surface area contributed by atoms with Crippen LogP contribution in [0.25, 0.3) is 0 Å². The van der Waals surface area contributed by atoms with Crippen LogP contribution in [0.15, 0.2) is 12.3 Å². The van der Waals surface area contributed by atoms with E-state index < -0.39 is 0 Å². The fourth-order valence-electron chi connectivity index (χ4n) is 1.07. The quantitative estimate of drug-likeness (QED) is 0.731. The number of hydrogen-bond donors (Lipinski definition) is 1. The molecule has 1 aromatic heterocycles. The number of aryl methyl sites for hydroxylation is 1. The summed E-state index contributed by atoms with van der Waals surface area (Å²) in [5.74, 6) is 0.773. The highest BCUT2D eigenvalue weighted by molar-refractivity contribution is 5.32. The van der Waals surface area contributed by atoms with Crippen LogP contribution < -0.4 is 10.5 Å². The molecule has 0 unspecified atom stereocenters. The van der Waals surface area contributed by atoms with Gasteiger partial charge in [0.05, 0.1) is 13.3 Å². The second-order valence-corrected chi connectivity index (χ2v) is 2.55. The van der Waals surface area contributed by atoms with Crippen molar-refractivity contribution in [1.82, 2.24) is 4.98 Å². The summed E-state index contributed by atoms with van der Waals surface area (Å²) in [5, 5.41) is 0. The van der Waals surface area contributed by atoms with E-state index in [1.165, 1.54) is 0 Å². The SMILES string of the molecule is CCc1cc(CN)c(OC)cn1. The second kappa shape index (κ2) is 4.07. The van der Waals surface area contributed by atoms with Gasteiger partial charge in [0.15, 0.2) is 0 Å². The summed E-state index contributed by atoms with van der Waals surface area (Å²) in [4.78, 5) is 4.20. The van der Waals surface area contributed by atoms with Crippen molar-refractivity contribution >= 4 is 0 Å². The topological polar surface area (TPSA) is 48.1 Å². The first-order chi connectivity index (χ1) is 5.81. The summed E-state index contributed by atoms with van der Waals surface area (Å²) in [6.45, 7) is 2.56. The largest absolute Gasteiger partial charge is 0.495 e. The van der Waals surface area contributed by atoms with Gasteiger partial charge < -0.3 is 10.5 Å². The van der Waals surface area contributed by atoms with Crippen LogP contribution in [0.5, 0.6) is 5.75 Å². The smallest absolute Gasteiger partial charge is 0.141 e. The summed E-state index contributed by atoms with van der Waals surface area (Å²) in [6, 6.07) is 1.98. The van der Waals surface area contributed by atoms with Crippen molar-refractivity contribution in [1.29, 1.82) is 0 Å². The molecule has 0 aromatic carbocycles. The Morgan fingerprint density at radius 2 is 2.33 bits per heavy atom. The van der Waals surface area contributed by atoms with Crippen LogP contribution >= 0.6 is 0 Å². The van der Waals surface area contributed by atoms with Crippen LogP contribution in [-0.4, -0.2) is 12.1 Å². The van der Waals surface area contributed by atoms with Gasteiger partial charge in [-0.15, -0.1) is 0 Å². The van der Waals surface area contributed by atoms with Gasteiger partial charge in [0.2, 0.25) is 0 Å². The molecule has 0 aliphatic carbocycles. The van der Waals surface area contributed by atoms with Gasteiger partial charge >= 0.3 is 0 Å². The number of nitrogens with zero attached hydrogens (tertiary/aromatic N) is 1. The highest BCUT2D eigenvalue weighted by atomic mass is 16.5. The number of methoxy groups -OCH3 is 1. The third-order valence-electron chi connectivity index (χ3n) is 1.81. The highest BCUT2D eigenvalue weighted by Crippen LogP contribution is 2.16. The molecule has 0 atom stereocenters. The van der Waals surface area contributed by atoms with Gasteiger partial charge in [0, 0.05) is 17.8 Å². The minimum atomic E-state index is 0.499. The van der Waals surface area contributed by atoms with Crippen LogP contribution in [0.2, 0.25) is 0 Å². The van der Waals surface area contributed by atoms with Crippen molar-refractivity contribution < 1.29 is 4.74 Å². The number of hydrogen-bond acceptors (Lipinski definition) is 3. The lowest BCUT2D eigenvalue weighted by molar-refractivity contribution is 0.407. The Morgan fingerprint density at radius 3 is 2.83 bits per heavy atom. The molecule has 0 saturated heterocycles. The molecule has 3 nitrogen and oxygen atoms in total. The van der Waals surface area contributed by atoms with Crippen molar-refractivity contribution in [2.75, 3.05) is 7.11 Å². The minimum absolute atomic E-state index is 0.499. The second-order valence-electron chi connectivity index (χ2n) is 2.55. The fraction of sp³-hybridized carbons (Fsp3) is 0.444. The molecule has 1 rings (SSSR count). The third kappa shape index (κ3) is 1.74. The van der Waals surface area contributed by atoms with Crippen LogP contribution in [0, 0.1) is 0 Å². The highest BCUT2D eigenvalue weighted by Gasteiger charge is 2.01. The molecule has 0 aliphatic rings. The van der Waals surface area contributed by atoms with Gasteiger partial charge in [-0.25, -0.2) is 0 Å². The number of ether oxygens (including phenoxy) is 1. The predicted octanol–water partition coefficient (Wildman–Crippen LogP) is 1.11. The summed E-state index contributed by atoms with van der Waals surface area (Å²) in [6.07, 6.45) is 2.65. The number of pyridine rings is 1. The zero-order valence-electron chi connectivity index (χ0n) is 7.50. The molecule has 0 radical (unpaired) electrons. The third-order valence-corrected chi connectivity index (χ3v) is 1.81. The predicted molar refractivity (Wildman–Crippen MR) is 48.1 cm³/mol. The van der Waals surface area contributed by atoms with Crippen molar-refractivity contribution in [3.63, 3.8) is 0 Å². The zero-order chi connectivity index (χ0) is 8.97.